The predicted molar refractivity (Wildman–Crippen MR) is 60.3 cm³/mol. The second-order valence-corrected chi connectivity index (χ2v) is 3.59. The summed E-state index contributed by atoms with van der Waals surface area (Å²) in [4.78, 5) is 31.8. The van der Waals surface area contributed by atoms with Crippen molar-refractivity contribution < 1.29 is 0 Å². The Morgan fingerprint density at radius 3 is 2.81 bits per heavy atom. The number of anilines is 1. The van der Waals surface area contributed by atoms with Crippen molar-refractivity contribution in [3.05, 3.63) is 20.8 Å². The molecule has 2 aromatic rings. The number of fused-ring (bicyclic) bond motifs is 1. The van der Waals surface area contributed by atoms with Gasteiger partial charge >= 0.3 is 5.69 Å². The molecule has 0 aromatic carbocycles. The summed E-state index contributed by atoms with van der Waals surface area (Å²) in [7, 11) is 0. The molecule has 7 nitrogen and oxygen atoms in total. The molecule has 86 valence electrons. The number of nitrogens with zero attached hydrogens (tertiary/aromatic N) is 2. The topological polar surface area (TPSA) is 110 Å². The first-order chi connectivity index (χ1) is 7.63. The molecule has 2 heterocycles. The highest BCUT2D eigenvalue weighted by atomic mass is 16.2. The number of H-pyrrole nitrogens is 2. The number of aromatic amines is 2. The zero-order valence-electron chi connectivity index (χ0n) is 8.91. The number of rotatable bonds is 3. The van der Waals surface area contributed by atoms with Crippen molar-refractivity contribution in [3.8, 4) is 0 Å². The molecule has 0 aliphatic rings. The fourth-order valence-electron chi connectivity index (χ4n) is 1.58. The van der Waals surface area contributed by atoms with E-state index in [0.717, 1.165) is 12.8 Å². The van der Waals surface area contributed by atoms with Crippen molar-refractivity contribution in [1.29, 1.82) is 0 Å². The highest BCUT2D eigenvalue weighted by Gasteiger charge is 2.11. The van der Waals surface area contributed by atoms with Crippen molar-refractivity contribution in [2.24, 2.45) is 0 Å². The van der Waals surface area contributed by atoms with Gasteiger partial charge in [-0.15, -0.1) is 0 Å². The number of nitrogen functional groups attached to an aromatic ring is 1. The van der Waals surface area contributed by atoms with Crippen LogP contribution in [-0.4, -0.2) is 19.5 Å². The summed E-state index contributed by atoms with van der Waals surface area (Å²) in [5.74, 6) is 0.0155. The van der Waals surface area contributed by atoms with Gasteiger partial charge in [-0.25, -0.2) is 4.79 Å². The van der Waals surface area contributed by atoms with Crippen molar-refractivity contribution in [2.45, 2.75) is 26.3 Å². The third-order valence-electron chi connectivity index (χ3n) is 2.39. The summed E-state index contributed by atoms with van der Waals surface area (Å²) >= 11 is 0. The van der Waals surface area contributed by atoms with Crippen LogP contribution in [0.1, 0.15) is 19.8 Å². The van der Waals surface area contributed by atoms with Gasteiger partial charge in [0.2, 0.25) is 5.95 Å². The van der Waals surface area contributed by atoms with Crippen molar-refractivity contribution in [1.82, 2.24) is 19.5 Å². The number of imidazole rings is 1. The first kappa shape index (κ1) is 10.5. The molecule has 0 atom stereocenters. The second kappa shape index (κ2) is 3.84. The standard InChI is InChI=1S/C9H13N5O2/c1-2-3-4-14-6-5(11-9(14)16)7(15)13-8(10)12-6/h2-4H2,1H3,(H,11,16)(H3,10,12,13,15). The van der Waals surface area contributed by atoms with Crippen LogP contribution >= 0.6 is 0 Å². The summed E-state index contributed by atoms with van der Waals surface area (Å²) in [6.45, 7) is 2.56. The van der Waals surface area contributed by atoms with Crippen LogP contribution in [0.25, 0.3) is 11.2 Å². The molecule has 7 heteroatoms. The van der Waals surface area contributed by atoms with E-state index in [1.165, 1.54) is 4.57 Å². The highest BCUT2D eigenvalue weighted by Crippen LogP contribution is 2.04. The van der Waals surface area contributed by atoms with Crippen LogP contribution < -0.4 is 17.0 Å². The molecule has 0 radical (unpaired) electrons. The van der Waals surface area contributed by atoms with Gasteiger partial charge in [0.15, 0.2) is 11.2 Å². The molecule has 0 aliphatic heterocycles. The van der Waals surface area contributed by atoms with Gasteiger partial charge in [-0.2, -0.15) is 4.98 Å². The lowest BCUT2D eigenvalue weighted by Gasteiger charge is -2.00. The Labute approximate surface area is 90.3 Å². The lowest BCUT2D eigenvalue weighted by Crippen LogP contribution is -2.17. The van der Waals surface area contributed by atoms with Gasteiger partial charge in [0.1, 0.15) is 0 Å². The minimum Gasteiger partial charge on any atom is -0.369 e. The zero-order chi connectivity index (χ0) is 11.7. The van der Waals surface area contributed by atoms with Gasteiger partial charge in [-0.05, 0) is 6.42 Å². The van der Waals surface area contributed by atoms with Crippen LogP contribution in [0.4, 0.5) is 5.95 Å². The number of nitrogens with two attached hydrogens (primary N) is 1. The lowest BCUT2D eigenvalue weighted by atomic mass is 10.3. The van der Waals surface area contributed by atoms with E-state index in [2.05, 4.69) is 15.0 Å². The van der Waals surface area contributed by atoms with Crippen LogP contribution in [-0.2, 0) is 6.54 Å². The molecule has 0 bridgehead atoms. The number of hydrogen-bond acceptors (Lipinski definition) is 4. The monoisotopic (exact) mass is 223 g/mol. The minimum atomic E-state index is -0.421. The zero-order valence-corrected chi connectivity index (χ0v) is 8.91. The van der Waals surface area contributed by atoms with Crippen LogP contribution in [0.15, 0.2) is 9.59 Å². The van der Waals surface area contributed by atoms with E-state index >= 15 is 0 Å². The van der Waals surface area contributed by atoms with Crippen LogP contribution in [0.3, 0.4) is 0 Å². The van der Waals surface area contributed by atoms with Gasteiger partial charge in [0.05, 0.1) is 0 Å². The smallest absolute Gasteiger partial charge is 0.327 e. The third-order valence-corrected chi connectivity index (χ3v) is 2.39. The minimum absolute atomic E-state index is 0.0155. The van der Waals surface area contributed by atoms with E-state index < -0.39 is 5.56 Å². The molecule has 2 rings (SSSR count). The van der Waals surface area contributed by atoms with Crippen LogP contribution in [0, 0.1) is 0 Å². The third kappa shape index (κ3) is 1.60. The van der Waals surface area contributed by atoms with Crippen molar-refractivity contribution >= 4 is 17.1 Å². The average molecular weight is 223 g/mol. The molecule has 0 spiro atoms. The molecule has 2 aromatic heterocycles. The fourth-order valence-corrected chi connectivity index (χ4v) is 1.58. The average Bonchev–Trinajstić information content (AvgIpc) is 2.53. The van der Waals surface area contributed by atoms with Crippen LogP contribution in [0.2, 0.25) is 0 Å². The lowest BCUT2D eigenvalue weighted by molar-refractivity contribution is 0.625. The maximum absolute atomic E-state index is 11.6. The van der Waals surface area contributed by atoms with E-state index in [0.29, 0.717) is 12.2 Å². The molecular weight excluding hydrogens is 210 g/mol. The van der Waals surface area contributed by atoms with Gasteiger partial charge in [-0.3, -0.25) is 19.3 Å². The Kier molecular flexibility index (Phi) is 2.51. The number of nitrogens with one attached hydrogen (secondary N) is 2. The Bertz CT molecular complexity index is 621. The summed E-state index contributed by atoms with van der Waals surface area (Å²) in [6, 6.07) is 0. The van der Waals surface area contributed by atoms with E-state index in [1.807, 2.05) is 6.92 Å². The number of hydrogen-bond donors (Lipinski definition) is 3. The van der Waals surface area contributed by atoms with E-state index in [4.69, 9.17) is 5.73 Å². The number of aryl methyl sites for hydroxylation is 1. The second-order valence-electron chi connectivity index (χ2n) is 3.59. The first-order valence-corrected chi connectivity index (χ1v) is 5.11. The summed E-state index contributed by atoms with van der Waals surface area (Å²) in [5, 5.41) is 0. The highest BCUT2D eigenvalue weighted by molar-refractivity contribution is 5.70. The maximum atomic E-state index is 11.6. The molecule has 0 aliphatic carbocycles. The van der Waals surface area contributed by atoms with Gasteiger partial charge in [-0.1, -0.05) is 13.3 Å². The molecule has 0 amide bonds. The molecule has 0 unspecified atom stereocenters. The molecular formula is C9H13N5O2. The summed E-state index contributed by atoms with van der Waals surface area (Å²) < 4.78 is 1.43. The molecule has 16 heavy (non-hydrogen) atoms. The fraction of sp³-hybridized carbons (Fsp3) is 0.444. The van der Waals surface area contributed by atoms with Gasteiger partial charge in [0, 0.05) is 6.54 Å². The van der Waals surface area contributed by atoms with Gasteiger partial charge < -0.3 is 5.73 Å². The first-order valence-electron chi connectivity index (χ1n) is 5.11. The van der Waals surface area contributed by atoms with E-state index in [9.17, 15) is 9.59 Å². The number of aromatic nitrogens is 4. The van der Waals surface area contributed by atoms with E-state index in [-0.39, 0.29) is 17.2 Å². The quantitative estimate of drug-likeness (QED) is 0.669. The Hall–Kier alpha value is -2.05. The Balaban J connectivity index is 2.69. The SMILES string of the molecule is CCCCn1c(=O)[nH]c2c(=O)[nH]c(N)nc21. The van der Waals surface area contributed by atoms with Crippen LogP contribution in [0.5, 0.6) is 0 Å². The Morgan fingerprint density at radius 2 is 2.12 bits per heavy atom. The van der Waals surface area contributed by atoms with Crippen molar-refractivity contribution in [3.63, 3.8) is 0 Å². The molecule has 0 saturated carbocycles. The molecule has 0 saturated heterocycles. The number of unbranched alkanes of at least 4 members (excludes halogenated alkanes) is 1. The molecule has 0 fully saturated rings. The van der Waals surface area contributed by atoms with Gasteiger partial charge in [0.25, 0.3) is 5.56 Å². The van der Waals surface area contributed by atoms with Crippen molar-refractivity contribution in [2.75, 3.05) is 5.73 Å². The predicted octanol–water partition coefficient (Wildman–Crippen LogP) is -0.205. The normalized spacial score (nSPS) is 11.1. The molecule has 4 N–H and O–H groups in total. The Morgan fingerprint density at radius 1 is 1.38 bits per heavy atom. The van der Waals surface area contributed by atoms with E-state index in [1.54, 1.807) is 0 Å². The summed E-state index contributed by atoms with van der Waals surface area (Å²) in [6.07, 6.45) is 1.80. The maximum Gasteiger partial charge on any atom is 0.327 e. The largest absolute Gasteiger partial charge is 0.369 e. The summed E-state index contributed by atoms with van der Waals surface area (Å²) in [5.41, 5.74) is 5.18.